The number of benzene rings is 2. The molecule has 1 aromatic heterocycles. The van der Waals surface area contributed by atoms with Crippen molar-refractivity contribution in [3.63, 3.8) is 0 Å². The minimum Gasteiger partial charge on any atom is -0.361 e. The zero-order valence-electron chi connectivity index (χ0n) is 15.4. The number of aromatic nitrogens is 1. The van der Waals surface area contributed by atoms with Crippen molar-refractivity contribution in [1.29, 1.82) is 0 Å². The van der Waals surface area contributed by atoms with Crippen LogP contribution in [0.1, 0.15) is 5.56 Å². The second kappa shape index (κ2) is 8.10. The summed E-state index contributed by atoms with van der Waals surface area (Å²) in [5.41, 5.74) is 1.94. The Balaban J connectivity index is 1.43. The van der Waals surface area contributed by atoms with E-state index >= 15 is 0 Å². The summed E-state index contributed by atoms with van der Waals surface area (Å²) >= 11 is 9.42. The predicted molar refractivity (Wildman–Crippen MR) is 116 cm³/mol. The van der Waals surface area contributed by atoms with Crippen LogP contribution >= 0.6 is 27.5 Å². The van der Waals surface area contributed by atoms with Crippen molar-refractivity contribution in [2.75, 3.05) is 26.2 Å². The molecule has 0 saturated carbocycles. The van der Waals surface area contributed by atoms with Gasteiger partial charge < -0.3 is 9.88 Å². The highest BCUT2D eigenvalue weighted by Gasteiger charge is 2.31. The van der Waals surface area contributed by atoms with Crippen LogP contribution in [0.15, 0.2) is 58.0 Å². The maximum absolute atomic E-state index is 12.9. The molecule has 0 radical (unpaired) electrons. The van der Waals surface area contributed by atoms with Crippen LogP contribution in [0.5, 0.6) is 0 Å². The third-order valence-corrected chi connectivity index (χ3v) is 7.99. The first-order chi connectivity index (χ1) is 13.9. The molecule has 1 saturated heterocycles. The van der Waals surface area contributed by atoms with Gasteiger partial charge in [0.15, 0.2) is 0 Å². The van der Waals surface area contributed by atoms with E-state index in [2.05, 4.69) is 20.9 Å². The number of nitrogens with zero attached hydrogens (tertiary/aromatic N) is 2. The second-order valence-electron chi connectivity index (χ2n) is 6.90. The van der Waals surface area contributed by atoms with E-state index in [1.54, 1.807) is 17.0 Å². The number of sulfonamides is 1. The molecule has 29 heavy (non-hydrogen) atoms. The zero-order chi connectivity index (χ0) is 20.6. The topological polar surface area (TPSA) is 73.5 Å². The first-order valence-corrected chi connectivity index (χ1v) is 11.8. The Morgan fingerprint density at radius 1 is 1.10 bits per heavy atom. The van der Waals surface area contributed by atoms with Crippen LogP contribution < -0.4 is 0 Å². The van der Waals surface area contributed by atoms with Crippen molar-refractivity contribution in [3.05, 3.63) is 63.7 Å². The van der Waals surface area contributed by atoms with Gasteiger partial charge in [-0.1, -0.05) is 45.7 Å². The van der Waals surface area contributed by atoms with E-state index in [9.17, 15) is 13.2 Å². The molecular weight excluding hydrogens is 478 g/mol. The molecule has 1 aliphatic heterocycles. The van der Waals surface area contributed by atoms with E-state index in [-0.39, 0.29) is 35.3 Å². The average Bonchev–Trinajstić information content (AvgIpc) is 3.11. The monoisotopic (exact) mass is 495 g/mol. The molecule has 0 unspecified atom stereocenters. The van der Waals surface area contributed by atoms with E-state index in [4.69, 9.17) is 11.6 Å². The molecule has 0 atom stereocenters. The Morgan fingerprint density at radius 2 is 1.83 bits per heavy atom. The third-order valence-electron chi connectivity index (χ3n) is 5.12. The number of carbonyl (C=O) groups excluding carboxylic acids is 1. The summed E-state index contributed by atoms with van der Waals surface area (Å²) in [6.07, 6.45) is 2.15. The highest BCUT2D eigenvalue weighted by atomic mass is 79.9. The molecule has 0 aliphatic carbocycles. The lowest BCUT2D eigenvalue weighted by atomic mass is 10.1. The van der Waals surface area contributed by atoms with Gasteiger partial charge in [0.1, 0.15) is 4.90 Å². The predicted octanol–water partition coefficient (Wildman–Crippen LogP) is 3.66. The van der Waals surface area contributed by atoms with E-state index in [1.807, 2.05) is 30.5 Å². The van der Waals surface area contributed by atoms with Crippen molar-refractivity contribution in [3.8, 4) is 0 Å². The largest absolute Gasteiger partial charge is 0.361 e. The molecule has 1 N–H and O–H groups in total. The number of halogens is 2. The SMILES string of the molecule is O=C(Cc1c[nH]c2ccccc12)N1CCN(S(=O)(=O)c2ccc(Br)cc2Cl)CC1. The molecule has 2 aromatic carbocycles. The van der Waals surface area contributed by atoms with Gasteiger partial charge in [0.2, 0.25) is 15.9 Å². The summed E-state index contributed by atoms with van der Waals surface area (Å²) in [7, 11) is -3.70. The normalized spacial score (nSPS) is 15.7. The van der Waals surface area contributed by atoms with Crippen molar-refractivity contribution in [2.45, 2.75) is 11.3 Å². The summed E-state index contributed by atoms with van der Waals surface area (Å²) in [5, 5.41) is 1.21. The lowest BCUT2D eigenvalue weighted by Gasteiger charge is -2.34. The summed E-state index contributed by atoms with van der Waals surface area (Å²) < 4.78 is 27.9. The maximum atomic E-state index is 12.9. The van der Waals surface area contributed by atoms with E-state index in [1.165, 1.54) is 10.4 Å². The quantitative estimate of drug-likeness (QED) is 0.599. The highest BCUT2D eigenvalue weighted by molar-refractivity contribution is 9.10. The molecule has 0 spiro atoms. The summed E-state index contributed by atoms with van der Waals surface area (Å²) in [6.45, 7) is 1.20. The van der Waals surface area contributed by atoms with Crippen molar-refractivity contribution in [1.82, 2.24) is 14.2 Å². The minimum absolute atomic E-state index is 0.00604. The number of hydrogen-bond acceptors (Lipinski definition) is 3. The van der Waals surface area contributed by atoms with Crippen LogP contribution in [0.3, 0.4) is 0 Å². The molecular formula is C20H19BrClN3O3S. The highest BCUT2D eigenvalue weighted by Crippen LogP contribution is 2.28. The standard InChI is InChI=1S/C20H19BrClN3O3S/c21-15-5-6-19(17(22)12-15)29(27,28)25-9-7-24(8-10-25)20(26)11-14-13-23-18-4-2-1-3-16(14)18/h1-6,12-13,23H,7-11H2. The number of piperazine rings is 1. The number of rotatable bonds is 4. The van der Waals surface area contributed by atoms with Crippen LogP contribution in [0.4, 0.5) is 0 Å². The fraction of sp³-hybridized carbons (Fsp3) is 0.250. The Labute approximate surface area is 182 Å². The molecule has 1 amide bonds. The summed E-state index contributed by atoms with van der Waals surface area (Å²) in [5.74, 6) is -0.00604. The van der Waals surface area contributed by atoms with Crippen LogP contribution in [0.25, 0.3) is 10.9 Å². The Morgan fingerprint density at radius 3 is 2.55 bits per heavy atom. The Bertz CT molecular complexity index is 1170. The summed E-state index contributed by atoms with van der Waals surface area (Å²) in [6, 6.07) is 12.6. The van der Waals surface area contributed by atoms with Crippen molar-refractivity contribution >= 4 is 54.4 Å². The number of aromatic amines is 1. The van der Waals surface area contributed by atoms with Gasteiger partial charge in [-0.3, -0.25) is 4.79 Å². The van der Waals surface area contributed by atoms with Gasteiger partial charge in [0.25, 0.3) is 0 Å². The lowest BCUT2D eigenvalue weighted by Crippen LogP contribution is -2.50. The van der Waals surface area contributed by atoms with Gasteiger partial charge in [-0.05, 0) is 29.8 Å². The molecule has 1 fully saturated rings. The number of fused-ring (bicyclic) bond motifs is 1. The van der Waals surface area contributed by atoms with Crippen LogP contribution in [0, 0.1) is 0 Å². The zero-order valence-corrected chi connectivity index (χ0v) is 18.6. The van der Waals surface area contributed by atoms with Gasteiger partial charge in [0.05, 0.1) is 11.4 Å². The number of H-pyrrole nitrogens is 1. The van der Waals surface area contributed by atoms with Crippen LogP contribution in [-0.4, -0.2) is 54.7 Å². The molecule has 3 aromatic rings. The number of nitrogens with one attached hydrogen (secondary N) is 1. The van der Waals surface area contributed by atoms with Crippen LogP contribution in [0.2, 0.25) is 5.02 Å². The minimum atomic E-state index is -3.70. The summed E-state index contributed by atoms with van der Waals surface area (Å²) in [4.78, 5) is 17.7. The fourth-order valence-electron chi connectivity index (χ4n) is 3.55. The van der Waals surface area contributed by atoms with Gasteiger partial charge in [-0.2, -0.15) is 4.31 Å². The Kier molecular flexibility index (Phi) is 5.70. The lowest BCUT2D eigenvalue weighted by molar-refractivity contribution is -0.131. The number of hydrogen-bond donors (Lipinski definition) is 1. The molecule has 2 heterocycles. The van der Waals surface area contributed by atoms with Gasteiger partial charge in [-0.25, -0.2) is 8.42 Å². The fourth-order valence-corrected chi connectivity index (χ4v) is 5.99. The Hall–Kier alpha value is -1.87. The van der Waals surface area contributed by atoms with Crippen molar-refractivity contribution < 1.29 is 13.2 Å². The van der Waals surface area contributed by atoms with Gasteiger partial charge >= 0.3 is 0 Å². The van der Waals surface area contributed by atoms with Gasteiger partial charge in [-0.15, -0.1) is 0 Å². The van der Waals surface area contributed by atoms with E-state index in [0.29, 0.717) is 17.6 Å². The first-order valence-electron chi connectivity index (χ1n) is 9.14. The van der Waals surface area contributed by atoms with E-state index < -0.39 is 10.0 Å². The van der Waals surface area contributed by atoms with E-state index in [0.717, 1.165) is 16.5 Å². The average molecular weight is 497 g/mol. The molecule has 9 heteroatoms. The van der Waals surface area contributed by atoms with Gasteiger partial charge in [0, 0.05) is 47.8 Å². The van der Waals surface area contributed by atoms with Crippen LogP contribution in [-0.2, 0) is 21.2 Å². The maximum Gasteiger partial charge on any atom is 0.244 e. The molecule has 4 rings (SSSR count). The molecule has 6 nitrogen and oxygen atoms in total. The molecule has 0 bridgehead atoms. The smallest absolute Gasteiger partial charge is 0.244 e. The number of para-hydroxylation sites is 1. The molecule has 1 aliphatic rings. The number of amides is 1. The third kappa shape index (κ3) is 4.07. The molecule has 152 valence electrons. The van der Waals surface area contributed by atoms with Crippen molar-refractivity contribution in [2.24, 2.45) is 0 Å². The first kappa shape index (κ1) is 20.4. The number of carbonyl (C=O) groups is 1. The second-order valence-corrected chi connectivity index (χ2v) is 10.1.